The third-order valence-electron chi connectivity index (χ3n) is 2.07. The summed E-state index contributed by atoms with van der Waals surface area (Å²) in [5.74, 6) is 0.698. The van der Waals surface area contributed by atoms with Gasteiger partial charge in [-0.25, -0.2) is 4.98 Å². The van der Waals surface area contributed by atoms with E-state index >= 15 is 0 Å². The Bertz CT molecular complexity index is 320. The standard InChI is InChI=1S/C10H15BrClN3/c1-2-3-8(5-13)15-10-9(12)4-7(11)6-14-10/h4,6,8H,2-3,5,13H2,1H3,(H,14,15). The van der Waals surface area contributed by atoms with E-state index in [9.17, 15) is 0 Å². The molecule has 0 aliphatic heterocycles. The minimum atomic E-state index is 0.237. The van der Waals surface area contributed by atoms with Crippen LogP contribution in [0.15, 0.2) is 16.7 Å². The number of hydrogen-bond donors (Lipinski definition) is 2. The van der Waals surface area contributed by atoms with Crippen molar-refractivity contribution in [2.45, 2.75) is 25.8 Å². The van der Waals surface area contributed by atoms with E-state index in [4.69, 9.17) is 17.3 Å². The summed E-state index contributed by atoms with van der Waals surface area (Å²) in [6.45, 7) is 2.71. The van der Waals surface area contributed by atoms with Crippen LogP contribution in [0.3, 0.4) is 0 Å². The van der Waals surface area contributed by atoms with Crippen molar-refractivity contribution in [1.29, 1.82) is 0 Å². The molecule has 1 aromatic heterocycles. The average Bonchev–Trinajstić information content (AvgIpc) is 2.21. The first-order valence-electron chi connectivity index (χ1n) is 4.95. The van der Waals surface area contributed by atoms with Crippen molar-refractivity contribution in [2.24, 2.45) is 5.73 Å². The number of hydrogen-bond acceptors (Lipinski definition) is 3. The van der Waals surface area contributed by atoms with Crippen molar-refractivity contribution in [3.8, 4) is 0 Å². The number of nitrogens with zero attached hydrogens (tertiary/aromatic N) is 1. The summed E-state index contributed by atoms with van der Waals surface area (Å²) >= 11 is 9.35. The fourth-order valence-corrected chi connectivity index (χ4v) is 2.00. The molecule has 0 aromatic carbocycles. The summed E-state index contributed by atoms with van der Waals surface area (Å²) in [5, 5.41) is 3.85. The molecule has 0 fully saturated rings. The van der Waals surface area contributed by atoms with Gasteiger partial charge in [0.25, 0.3) is 0 Å². The van der Waals surface area contributed by atoms with Crippen molar-refractivity contribution < 1.29 is 0 Å². The van der Waals surface area contributed by atoms with Crippen LogP contribution in [0.4, 0.5) is 5.82 Å². The van der Waals surface area contributed by atoms with Gasteiger partial charge in [0.15, 0.2) is 0 Å². The summed E-state index contributed by atoms with van der Waals surface area (Å²) in [6.07, 6.45) is 3.82. The van der Waals surface area contributed by atoms with Crippen molar-refractivity contribution in [3.63, 3.8) is 0 Å². The Balaban J connectivity index is 2.70. The number of anilines is 1. The third kappa shape index (κ3) is 3.97. The van der Waals surface area contributed by atoms with Gasteiger partial charge in [0, 0.05) is 23.3 Å². The molecular weight excluding hydrogens is 277 g/mol. The van der Waals surface area contributed by atoms with E-state index in [1.165, 1.54) is 0 Å². The van der Waals surface area contributed by atoms with Crippen molar-refractivity contribution in [3.05, 3.63) is 21.8 Å². The molecule has 0 aliphatic carbocycles. The molecule has 0 radical (unpaired) electrons. The van der Waals surface area contributed by atoms with E-state index in [-0.39, 0.29) is 6.04 Å². The second-order valence-corrected chi connectivity index (χ2v) is 4.67. The number of aromatic nitrogens is 1. The number of pyridine rings is 1. The van der Waals surface area contributed by atoms with E-state index < -0.39 is 0 Å². The Kier molecular flexibility index (Phi) is 5.36. The second kappa shape index (κ2) is 6.30. The maximum absolute atomic E-state index is 6.03. The number of halogens is 2. The molecule has 0 amide bonds. The maximum Gasteiger partial charge on any atom is 0.145 e. The van der Waals surface area contributed by atoms with Crippen LogP contribution < -0.4 is 11.1 Å². The fourth-order valence-electron chi connectivity index (χ4n) is 1.31. The van der Waals surface area contributed by atoms with Gasteiger partial charge in [-0.1, -0.05) is 24.9 Å². The zero-order chi connectivity index (χ0) is 11.3. The van der Waals surface area contributed by atoms with Crippen LogP contribution in [0.1, 0.15) is 19.8 Å². The van der Waals surface area contributed by atoms with Crippen LogP contribution in [0.2, 0.25) is 5.02 Å². The van der Waals surface area contributed by atoms with Crippen LogP contribution >= 0.6 is 27.5 Å². The largest absolute Gasteiger partial charge is 0.365 e. The van der Waals surface area contributed by atoms with Crippen molar-refractivity contribution >= 4 is 33.3 Å². The number of nitrogens with one attached hydrogen (secondary N) is 1. The van der Waals surface area contributed by atoms with Gasteiger partial charge in [-0.15, -0.1) is 0 Å². The first kappa shape index (κ1) is 12.7. The molecule has 0 bridgehead atoms. The van der Waals surface area contributed by atoms with Crippen LogP contribution in [0.5, 0.6) is 0 Å². The molecule has 1 atom stereocenters. The maximum atomic E-state index is 6.03. The molecule has 3 N–H and O–H groups in total. The van der Waals surface area contributed by atoms with E-state index in [1.54, 1.807) is 6.20 Å². The van der Waals surface area contributed by atoms with Gasteiger partial charge in [0.05, 0.1) is 5.02 Å². The third-order valence-corrected chi connectivity index (χ3v) is 2.79. The molecule has 0 spiro atoms. The molecule has 3 nitrogen and oxygen atoms in total. The van der Waals surface area contributed by atoms with Crippen molar-refractivity contribution in [2.75, 3.05) is 11.9 Å². The van der Waals surface area contributed by atoms with E-state index in [0.29, 0.717) is 17.4 Å². The smallest absolute Gasteiger partial charge is 0.145 e. The summed E-state index contributed by atoms with van der Waals surface area (Å²) < 4.78 is 0.873. The molecule has 1 heterocycles. The Labute approximate surface area is 104 Å². The highest BCUT2D eigenvalue weighted by Gasteiger charge is 2.08. The van der Waals surface area contributed by atoms with Crippen LogP contribution in [0.25, 0.3) is 0 Å². The summed E-state index contributed by atoms with van der Waals surface area (Å²) in [4.78, 5) is 4.20. The molecule has 0 aliphatic rings. The predicted molar refractivity (Wildman–Crippen MR) is 68.3 cm³/mol. The molecule has 1 unspecified atom stereocenters. The quantitative estimate of drug-likeness (QED) is 0.877. The molecule has 1 rings (SSSR count). The van der Waals surface area contributed by atoms with Crippen LogP contribution in [0, 0.1) is 0 Å². The number of nitrogens with two attached hydrogens (primary N) is 1. The topological polar surface area (TPSA) is 50.9 Å². The summed E-state index contributed by atoms with van der Waals surface area (Å²) in [7, 11) is 0. The fraction of sp³-hybridized carbons (Fsp3) is 0.500. The van der Waals surface area contributed by atoms with E-state index in [0.717, 1.165) is 17.3 Å². The van der Waals surface area contributed by atoms with Crippen LogP contribution in [-0.2, 0) is 0 Å². The predicted octanol–water partition coefficient (Wildman–Crippen LogP) is 3.04. The Morgan fingerprint density at radius 3 is 2.93 bits per heavy atom. The van der Waals surface area contributed by atoms with Gasteiger partial charge in [-0.05, 0) is 28.4 Å². The molecule has 0 saturated heterocycles. The minimum Gasteiger partial charge on any atom is -0.365 e. The Morgan fingerprint density at radius 2 is 2.40 bits per heavy atom. The zero-order valence-corrected chi connectivity index (χ0v) is 11.0. The highest BCUT2D eigenvalue weighted by molar-refractivity contribution is 9.10. The molecule has 15 heavy (non-hydrogen) atoms. The van der Waals surface area contributed by atoms with Gasteiger partial charge < -0.3 is 11.1 Å². The lowest BCUT2D eigenvalue weighted by Gasteiger charge is -2.17. The Hall–Kier alpha value is -0.320. The normalized spacial score (nSPS) is 12.5. The first-order chi connectivity index (χ1) is 7.17. The summed E-state index contributed by atoms with van der Waals surface area (Å²) in [6, 6.07) is 2.05. The second-order valence-electron chi connectivity index (χ2n) is 3.35. The zero-order valence-electron chi connectivity index (χ0n) is 8.63. The molecule has 0 saturated carbocycles. The first-order valence-corrected chi connectivity index (χ1v) is 6.12. The minimum absolute atomic E-state index is 0.237. The van der Waals surface area contributed by atoms with Crippen LogP contribution in [-0.4, -0.2) is 17.6 Å². The molecule has 5 heteroatoms. The Morgan fingerprint density at radius 1 is 1.67 bits per heavy atom. The van der Waals surface area contributed by atoms with Gasteiger partial charge in [0.2, 0.25) is 0 Å². The highest BCUT2D eigenvalue weighted by atomic mass is 79.9. The SMILES string of the molecule is CCCC(CN)Nc1ncc(Br)cc1Cl. The highest BCUT2D eigenvalue weighted by Crippen LogP contribution is 2.23. The average molecular weight is 293 g/mol. The van der Waals surface area contributed by atoms with Gasteiger partial charge in [-0.2, -0.15) is 0 Å². The van der Waals surface area contributed by atoms with Gasteiger partial charge in [-0.3, -0.25) is 0 Å². The number of rotatable bonds is 5. The van der Waals surface area contributed by atoms with E-state index in [2.05, 4.69) is 33.2 Å². The molecule has 1 aromatic rings. The molecular formula is C10H15BrClN3. The summed E-state index contributed by atoms with van der Waals surface area (Å²) in [5.41, 5.74) is 5.64. The monoisotopic (exact) mass is 291 g/mol. The molecule has 84 valence electrons. The van der Waals surface area contributed by atoms with Gasteiger partial charge >= 0.3 is 0 Å². The van der Waals surface area contributed by atoms with E-state index in [1.807, 2.05) is 6.07 Å². The lowest BCUT2D eigenvalue weighted by molar-refractivity contribution is 0.646. The lowest BCUT2D eigenvalue weighted by Crippen LogP contribution is -2.29. The van der Waals surface area contributed by atoms with Crippen molar-refractivity contribution in [1.82, 2.24) is 4.98 Å². The van der Waals surface area contributed by atoms with Gasteiger partial charge in [0.1, 0.15) is 5.82 Å². The lowest BCUT2D eigenvalue weighted by atomic mass is 10.1.